The van der Waals surface area contributed by atoms with Crippen molar-refractivity contribution >= 4 is 65.1 Å². The number of pyridine rings is 1. The van der Waals surface area contributed by atoms with Crippen molar-refractivity contribution in [1.29, 1.82) is 0 Å². The van der Waals surface area contributed by atoms with Gasteiger partial charge in [0.05, 0.1) is 17.4 Å². The van der Waals surface area contributed by atoms with E-state index in [2.05, 4.69) is 30.8 Å². The van der Waals surface area contributed by atoms with Crippen LogP contribution in [0, 0.1) is 29.6 Å². The first-order chi connectivity index (χ1) is 17.6. The topological polar surface area (TPSA) is 84.0 Å². The average molecular weight is 623 g/mol. The van der Waals surface area contributed by atoms with Crippen molar-refractivity contribution in [2.75, 3.05) is 14.2 Å². The van der Waals surface area contributed by atoms with Crippen LogP contribution in [0.3, 0.4) is 0 Å². The van der Waals surface area contributed by atoms with Gasteiger partial charge >= 0.3 is 12.7 Å². The van der Waals surface area contributed by atoms with Crippen LogP contribution in [0.25, 0.3) is 0 Å². The highest BCUT2D eigenvalue weighted by atomic mass is 35.5. The zero-order valence-electron chi connectivity index (χ0n) is 22.3. The highest BCUT2D eigenvalue weighted by Crippen LogP contribution is 2.60. The summed E-state index contributed by atoms with van der Waals surface area (Å²) in [6.07, 6.45) is 7.53. The predicted molar refractivity (Wildman–Crippen MR) is 154 cm³/mol. The summed E-state index contributed by atoms with van der Waals surface area (Å²) in [7, 11) is 2.74. The molecule has 3 atom stereocenters. The second-order valence-electron chi connectivity index (χ2n) is 9.62. The van der Waals surface area contributed by atoms with Crippen molar-refractivity contribution in [2.45, 2.75) is 53.6 Å². The average Bonchev–Trinajstić information content (AvgIpc) is 3.27. The molecule has 1 aromatic heterocycles. The van der Waals surface area contributed by atoms with Crippen LogP contribution in [0.15, 0.2) is 28.9 Å². The SMILES string of the molecule is C#CCC1=C(C)[C@@H](OC(=O)C2C(C=C(C)C)C2(C)C)CC1=O.COP(=S)(OC)Oc1nc(Cl)c(Cl)cc1Cl. The molecule has 1 aromatic rings. The molecule has 2 aliphatic carbocycles. The van der Waals surface area contributed by atoms with E-state index in [0.29, 0.717) is 12.0 Å². The highest BCUT2D eigenvalue weighted by Gasteiger charge is 2.61. The van der Waals surface area contributed by atoms with Crippen LogP contribution in [0.5, 0.6) is 5.88 Å². The van der Waals surface area contributed by atoms with Gasteiger partial charge in [-0.05, 0) is 43.7 Å². The van der Waals surface area contributed by atoms with Gasteiger partial charge in [-0.15, -0.1) is 12.3 Å². The Kier molecular flexibility index (Phi) is 11.5. The third kappa shape index (κ3) is 7.82. The number of hydrogen-bond donors (Lipinski definition) is 0. The molecule has 38 heavy (non-hydrogen) atoms. The second kappa shape index (κ2) is 13.3. The van der Waals surface area contributed by atoms with Crippen molar-refractivity contribution in [3.05, 3.63) is 44.1 Å². The molecule has 208 valence electrons. The summed E-state index contributed by atoms with van der Waals surface area (Å²) in [5, 5.41) is 0.467. The van der Waals surface area contributed by atoms with Crippen LogP contribution in [0.2, 0.25) is 15.2 Å². The van der Waals surface area contributed by atoms with Gasteiger partial charge < -0.3 is 18.3 Å². The number of terminal acetylenes is 1. The van der Waals surface area contributed by atoms with Gasteiger partial charge in [0.2, 0.25) is 5.88 Å². The molecule has 7 nitrogen and oxygen atoms in total. The number of aromatic nitrogens is 1. The Morgan fingerprint density at radius 3 is 2.39 bits per heavy atom. The second-order valence-corrected chi connectivity index (χ2v) is 13.9. The number of hydrogen-bond acceptors (Lipinski definition) is 8. The van der Waals surface area contributed by atoms with Gasteiger partial charge in [0.15, 0.2) is 10.9 Å². The minimum atomic E-state index is -2.88. The van der Waals surface area contributed by atoms with E-state index in [1.165, 1.54) is 25.9 Å². The first-order valence-corrected chi connectivity index (χ1v) is 15.2. The Balaban J connectivity index is 0.000000281. The van der Waals surface area contributed by atoms with Gasteiger partial charge in [-0.3, -0.25) is 9.59 Å². The smallest absolute Gasteiger partial charge is 0.381 e. The number of rotatable bonds is 8. The maximum atomic E-state index is 12.5. The minimum absolute atomic E-state index is 0.00385. The van der Waals surface area contributed by atoms with E-state index in [9.17, 15) is 9.59 Å². The predicted octanol–water partition coefficient (Wildman–Crippen LogP) is 7.39. The van der Waals surface area contributed by atoms with Gasteiger partial charge in [-0.2, -0.15) is 4.98 Å². The lowest BCUT2D eigenvalue weighted by Crippen LogP contribution is -2.20. The van der Waals surface area contributed by atoms with Crippen LogP contribution in [0.1, 0.15) is 47.5 Å². The fourth-order valence-electron chi connectivity index (χ4n) is 4.09. The van der Waals surface area contributed by atoms with E-state index in [-0.39, 0.29) is 56.5 Å². The first kappa shape index (κ1) is 32.8. The number of Topliss-reactive ketones (excluding diaryl/α,β-unsaturated/α-hetero) is 1. The molecule has 0 amide bonds. The highest BCUT2D eigenvalue weighted by molar-refractivity contribution is 8.07. The molecular formula is C26H31Cl3NO6PS. The van der Waals surface area contributed by atoms with Crippen LogP contribution < -0.4 is 4.52 Å². The van der Waals surface area contributed by atoms with Crippen molar-refractivity contribution in [3.8, 4) is 18.2 Å². The van der Waals surface area contributed by atoms with Gasteiger partial charge in [-0.1, -0.05) is 60.3 Å². The Labute approximate surface area is 244 Å². The first-order valence-electron chi connectivity index (χ1n) is 11.6. The third-order valence-corrected chi connectivity index (χ3v) is 9.73. The molecule has 12 heteroatoms. The summed E-state index contributed by atoms with van der Waals surface area (Å²) in [4.78, 5) is 28.2. The monoisotopic (exact) mass is 621 g/mol. The molecule has 1 fully saturated rings. The number of nitrogens with zero attached hydrogens (tertiary/aromatic N) is 1. The molecule has 0 saturated heterocycles. The number of esters is 1. The lowest BCUT2D eigenvalue weighted by atomic mass is 10.1. The van der Waals surface area contributed by atoms with E-state index in [4.69, 9.17) is 71.3 Å². The lowest BCUT2D eigenvalue weighted by molar-refractivity contribution is -0.150. The summed E-state index contributed by atoms with van der Waals surface area (Å²) in [5.74, 6) is 2.42. The molecule has 1 saturated carbocycles. The van der Waals surface area contributed by atoms with Gasteiger partial charge in [0, 0.05) is 38.0 Å². The Morgan fingerprint density at radius 2 is 1.87 bits per heavy atom. The summed E-state index contributed by atoms with van der Waals surface area (Å²) >= 11 is 22.3. The van der Waals surface area contributed by atoms with E-state index >= 15 is 0 Å². The summed E-state index contributed by atoms with van der Waals surface area (Å²) < 4.78 is 20.7. The van der Waals surface area contributed by atoms with E-state index in [1.54, 1.807) is 0 Å². The van der Waals surface area contributed by atoms with Crippen LogP contribution in [-0.2, 0) is 35.2 Å². The minimum Gasteiger partial charge on any atom is -0.457 e. The van der Waals surface area contributed by atoms with Crippen LogP contribution >= 0.6 is 41.5 Å². The number of ether oxygens (including phenoxy) is 1. The van der Waals surface area contributed by atoms with E-state index in [1.807, 2.05) is 20.8 Å². The Bertz CT molecular complexity index is 1240. The summed E-state index contributed by atoms with van der Waals surface area (Å²) in [5.41, 5.74) is 2.58. The summed E-state index contributed by atoms with van der Waals surface area (Å²) in [6.45, 7) is 7.18. The van der Waals surface area contributed by atoms with E-state index in [0.717, 1.165) is 5.57 Å². The number of allylic oxidation sites excluding steroid dienone is 3. The molecule has 0 spiro atoms. The van der Waals surface area contributed by atoms with Gasteiger partial charge in [0.25, 0.3) is 0 Å². The van der Waals surface area contributed by atoms with Crippen molar-refractivity contribution in [3.63, 3.8) is 0 Å². The lowest BCUT2D eigenvalue weighted by Gasteiger charge is -2.18. The molecule has 0 aliphatic heterocycles. The normalized spacial score (nSPS) is 21.7. The fraction of sp³-hybridized carbons (Fsp3) is 0.500. The molecule has 1 heterocycles. The molecule has 0 radical (unpaired) electrons. The number of carbonyl (C=O) groups is 2. The molecule has 2 aliphatic rings. The summed E-state index contributed by atoms with van der Waals surface area (Å²) in [6, 6.07) is 1.40. The number of halogens is 3. The maximum absolute atomic E-state index is 12.5. The molecule has 2 unspecified atom stereocenters. The number of carbonyl (C=O) groups excluding carboxylic acids is 2. The molecule has 0 aromatic carbocycles. The number of ketones is 1. The van der Waals surface area contributed by atoms with Gasteiger partial charge in [0.1, 0.15) is 11.1 Å². The molecular weight excluding hydrogens is 592 g/mol. The van der Waals surface area contributed by atoms with Gasteiger partial charge in [-0.25, -0.2) is 0 Å². The zero-order chi connectivity index (χ0) is 29.0. The molecule has 3 rings (SSSR count). The fourth-order valence-corrected chi connectivity index (χ4v) is 5.53. The van der Waals surface area contributed by atoms with Crippen LogP contribution in [-0.4, -0.2) is 37.1 Å². The quantitative estimate of drug-likeness (QED) is 0.0976. The van der Waals surface area contributed by atoms with Crippen molar-refractivity contribution < 1.29 is 27.9 Å². The van der Waals surface area contributed by atoms with Crippen molar-refractivity contribution in [2.24, 2.45) is 17.3 Å². The van der Waals surface area contributed by atoms with Crippen molar-refractivity contribution in [1.82, 2.24) is 4.98 Å². The molecule has 0 bridgehead atoms. The van der Waals surface area contributed by atoms with Crippen LogP contribution in [0.4, 0.5) is 0 Å². The Morgan fingerprint density at radius 1 is 1.26 bits per heavy atom. The molecule has 0 N–H and O–H groups in total. The standard InChI is InChI=1S/C19H24O3.C7H7Cl3NO3PS/c1-7-8-13-12(4)16(10-15(13)20)22-18(21)17-14(9-11(2)3)19(17,5)6;1-12-15(16,13-2)14-7-5(9)3-4(8)6(10)11-7/h1,9,14,16-17H,8,10H2,2-6H3;3H,1-2H3/t14?,16-,17?;/m0./s1. The largest absolute Gasteiger partial charge is 0.457 e. The third-order valence-electron chi connectivity index (χ3n) is 6.38. The van der Waals surface area contributed by atoms with E-state index < -0.39 is 12.8 Å². The maximum Gasteiger partial charge on any atom is 0.381 e. The zero-order valence-corrected chi connectivity index (χ0v) is 26.2. The Hall–Kier alpha value is -1.43.